The average molecular weight is 237 g/mol. The topological polar surface area (TPSA) is 17.8 Å². The van der Waals surface area contributed by atoms with Gasteiger partial charge in [-0.25, -0.2) is 4.98 Å². The van der Waals surface area contributed by atoms with E-state index in [1.807, 2.05) is 6.07 Å². The van der Waals surface area contributed by atoms with Gasteiger partial charge in [-0.3, -0.25) is 0 Å². The third-order valence-electron chi connectivity index (χ3n) is 2.85. The molecule has 0 unspecified atom stereocenters. The molecule has 86 valence electrons. The molecule has 0 aromatic carbocycles. The van der Waals surface area contributed by atoms with Crippen LogP contribution in [0.4, 0.5) is 0 Å². The lowest BCUT2D eigenvalue weighted by Crippen LogP contribution is -1.99. The van der Waals surface area contributed by atoms with Crippen LogP contribution in [0.1, 0.15) is 45.2 Å². The molecule has 0 spiro atoms. The first-order chi connectivity index (χ1) is 7.50. The Morgan fingerprint density at radius 2 is 1.94 bits per heavy atom. The fourth-order valence-corrected chi connectivity index (χ4v) is 2.14. The van der Waals surface area contributed by atoms with E-state index in [0.717, 1.165) is 5.65 Å². The first kappa shape index (κ1) is 11.5. The minimum Gasteiger partial charge on any atom is -0.330 e. The van der Waals surface area contributed by atoms with Crippen LogP contribution in [0.3, 0.4) is 0 Å². The Morgan fingerprint density at radius 3 is 2.50 bits per heavy atom. The molecule has 0 bridgehead atoms. The van der Waals surface area contributed by atoms with Gasteiger partial charge >= 0.3 is 0 Å². The number of rotatable bonds is 2. The van der Waals surface area contributed by atoms with Gasteiger partial charge in [0, 0.05) is 23.8 Å². The molecule has 2 aromatic heterocycles. The van der Waals surface area contributed by atoms with E-state index in [0.29, 0.717) is 17.0 Å². The second-order valence-corrected chi connectivity index (χ2v) is 5.20. The summed E-state index contributed by atoms with van der Waals surface area (Å²) in [7, 11) is 0. The van der Waals surface area contributed by atoms with Gasteiger partial charge in [0.1, 0.15) is 5.65 Å². The molecule has 2 nitrogen and oxygen atoms in total. The van der Waals surface area contributed by atoms with E-state index in [1.165, 1.54) is 10.9 Å². The molecule has 0 aliphatic heterocycles. The highest BCUT2D eigenvalue weighted by Gasteiger charge is 2.14. The minimum atomic E-state index is 0.420. The molecule has 0 atom stereocenters. The highest BCUT2D eigenvalue weighted by Crippen LogP contribution is 2.30. The summed E-state index contributed by atoms with van der Waals surface area (Å²) < 4.78 is 2.21. The van der Waals surface area contributed by atoms with E-state index >= 15 is 0 Å². The normalized spacial score (nSPS) is 11.9. The van der Waals surface area contributed by atoms with E-state index in [2.05, 4.69) is 43.4 Å². The van der Waals surface area contributed by atoms with E-state index < -0.39 is 0 Å². The Kier molecular flexibility index (Phi) is 2.94. The van der Waals surface area contributed by atoms with Gasteiger partial charge in [-0.15, -0.1) is 0 Å². The largest absolute Gasteiger partial charge is 0.330 e. The van der Waals surface area contributed by atoms with Crippen LogP contribution in [0.15, 0.2) is 18.5 Å². The van der Waals surface area contributed by atoms with Crippen LogP contribution < -0.4 is 0 Å². The zero-order valence-corrected chi connectivity index (χ0v) is 10.9. The Morgan fingerprint density at radius 1 is 1.25 bits per heavy atom. The van der Waals surface area contributed by atoms with Crippen LogP contribution in [-0.4, -0.2) is 9.55 Å². The van der Waals surface area contributed by atoms with Crippen LogP contribution in [-0.2, 0) is 0 Å². The molecule has 0 amide bonds. The van der Waals surface area contributed by atoms with E-state index in [9.17, 15) is 0 Å². The molecule has 0 aliphatic carbocycles. The minimum absolute atomic E-state index is 0.420. The first-order valence-corrected chi connectivity index (χ1v) is 6.04. The second kappa shape index (κ2) is 4.10. The molecule has 2 aromatic rings. The van der Waals surface area contributed by atoms with Crippen molar-refractivity contribution < 1.29 is 0 Å². The predicted molar refractivity (Wildman–Crippen MR) is 69.2 cm³/mol. The van der Waals surface area contributed by atoms with Gasteiger partial charge in [0.25, 0.3) is 0 Å². The van der Waals surface area contributed by atoms with Crippen molar-refractivity contribution in [3.8, 4) is 0 Å². The molecule has 2 rings (SSSR count). The van der Waals surface area contributed by atoms with E-state index in [4.69, 9.17) is 11.6 Å². The lowest BCUT2D eigenvalue weighted by Gasteiger charge is -2.07. The molecular formula is C13H17ClN2. The molecule has 0 radical (unpaired) electrons. The molecule has 0 fully saturated rings. The Balaban J connectivity index is 2.76. The summed E-state index contributed by atoms with van der Waals surface area (Å²) in [6, 6.07) is 2.43. The smallest absolute Gasteiger partial charge is 0.140 e. The van der Waals surface area contributed by atoms with Crippen molar-refractivity contribution in [2.24, 2.45) is 0 Å². The molecular weight excluding hydrogens is 220 g/mol. The molecule has 0 aliphatic rings. The Bertz CT molecular complexity index is 512. The average Bonchev–Trinajstić information content (AvgIpc) is 2.56. The van der Waals surface area contributed by atoms with Crippen LogP contribution in [0.2, 0.25) is 5.02 Å². The third kappa shape index (κ3) is 1.82. The molecule has 0 saturated carbocycles. The van der Waals surface area contributed by atoms with Gasteiger partial charge in [0.05, 0.1) is 5.02 Å². The highest BCUT2D eigenvalue weighted by atomic mass is 35.5. The highest BCUT2D eigenvalue weighted by molar-refractivity contribution is 6.31. The van der Waals surface area contributed by atoms with Crippen molar-refractivity contribution >= 4 is 22.6 Å². The lowest BCUT2D eigenvalue weighted by molar-refractivity contribution is 0.614. The number of hydrogen-bond donors (Lipinski definition) is 0. The van der Waals surface area contributed by atoms with E-state index in [-0.39, 0.29) is 0 Å². The lowest BCUT2D eigenvalue weighted by atomic mass is 10.0. The number of halogens is 1. The fraction of sp³-hybridized carbons (Fsp3) is 0.462. The van der Waals surface area contributed by atoms with Crippen molar-refractivity contribution in [2.75, 3.05) is 0 Å². The number of hydrogen-bond acceptors (Lipinski definition) is 1. The maximum Gasteiger partial charge on any atom is 0.140 e. The molecule has 2 heterocycles. The fourth-order valence-electron chi connectivity index (χ4n) is 1.98. The van der Waals surface area contributed by atoms with Crippen LogP contribution in [0.5, 0.6) is 0 Å². The van der Waals surface area contributed by atoms with Crippen molar-refractivity contribution in [3.63, 3.8) is 0 Å². The van der Waals surface area contributed by atoms with Gasteiger partial charge in [-0.2, -0.15) is 0 Å². The maximum absolute atomic E-state index is 6.01. The second-order valence-electron chi connectivity index (χ2n) is 4.76. The Labute approximate surface area is 101 Å². The van der Waals surface area contributed by atoms with Gasteiger partial charge in [-0.05, 0) is 31.4 Å². The predicted octanol–water partition coefficient (Wildman–Crippen LogP) is 4.39. The molecule has 3 heteroatoms. The zero-order valence-electron chi connectivity index (χ0n) is 10.2. The summed E-state index contributed by atoms with van der Waals surface area (Å²) in [4.78, 5) is 4.44. The van der Waals surface area contributed by atoms with Gasteiger partial charge < -0.3 is 4.57 Å². The van der Waals surface area contributed by atoms with Crippen molar-refractivity contribution in [1.82, 2.24) is 9.55 Å². The summed E-state index contributed by atoms with van der Waals surface area (Å²) in [6.07, 6.45) is 3.91. The molecule has 0 saturated heterocycles. The number of nitrogens with zero attached hydrogens (tertiary/aromatic N) is 2. The summed E-state index contributed by atoms with van der Waals surface area (Å²) in [6.45, 7) is 8.72. The summed E-state index contributed by atoms with van der Waals surface area (Å²) in [5, 5.41) is 1.88. The van der Waals surface area contributed by atoms with Crippen molar-refractivity contribution in [1.29, 1.82) is 0 Å². The van der Waals surface area contributed by atoms with Crippen molar-refractivity contribution in [2.45, 2.75) is 39.7 Å². The maximum atomic E-state index is 6.01. The van der Waals surface area contributed by atoms with Crippen molar-refractivity contribution in [3.05, 3.63) is 29.0 Å². The van der Waals surface area contributed by atoms with Crippen LogP contribution in [0.25, 0.3) is 11.0 Å². The standard InChI is InChI=1S/C13H17ClN2/c1-8(2)12-7-16(9(3)4)13-11(12)5-10(14)6-15-13/h5-9H,1-4H3. The van der Waals surface area contributed by atoms with Gasteiger partial charge in [0.2, 0.25) is 0 Å². The molecule has 0 N–H and O–H groups in total. The molecule has 16 heavy (non-hydrogen) atoms. The summed E-state index contributed by atoms with van der Waals surface area (Å²) in [5.74, 6) is 0.489. The quantitative estimate of drug-likeness (QED) is 0.756. The Hall–Kier alpha value is -1.02. The number of aromatic nitrogens is 2. The monoisotopic (exact) mass is 236 g/mol. The SMILES string of the molecule is CC(C)c1cn(C(C)C)c2ncc(Cl)cc12. The van der Waals surface area contributed by atoms with Crippen LogP contribution in [0, 0.1) is 0 Å². The summed E-state index contributed by atoms with van der Waals surface area (Å²) >= 11 is 6.01. The van der Waals surface area contributed by atoms with E-state index in [1.54, 1.807) is 6.20 Å². The first-order valence-electron chi connectivity index (χ1n) is 5.66. The number of pyridine rings is 1. The van der Waals surface area contributed by atoms with Gasteiger partial charge in [-0.1, -0.05) is 25.4 Å². The zero-order chi connectivity index (χ0) is 11.9. The third-order valence-corrected chi connectivity index (χ3v) is 3.05. The number of fused-ring (bicyclic) bond motifs is 1. The summed E-state index contributed by atoms with van der Waals surface area (Å²) in [5.41, 5.74) is 2.35. The van der Waals surface area contributed by atoms with Crippen LogP contribution >= 0.6 is 11.6 Å². The van der Waals surface area contributed by atoms with Gasteiger partial charge in [0.15, 0.2) is 0 Å².